The zero-order valence-corrected chi connectivity index (χ0v) is 14.8. The van der Waals surface area contributed by atoms with Crippen molar-refractivity contribution in [2.45, 2.75) is 51.9 Å². The molecule has 0 saturated carbocycles. The van der Waals surface area contributed by atoms with Gasteiger partial charge in [0.1, 0.15) is 16.2 Å². The van der Waals surface area contributed by atoms with Gasteiger partial charge in [-0.3, -0.25) is 4.89 Å². The first-order chi connectivity index (χ1) is 10.8. The molecule has 0 aromatic rings. The molecule has 0 aromatic heterocycles. The van der Waals surface area contributed by atoms with E-state index in [-0.39, 0.29) is 15.8 Å². The summed E-state index contributed by atoms with van der Waals surface area (Å²) < 4.78 is 19.8. The Morgan fingerprint density at radius 2 is 2.09 bits per heavy atom. The Labute approximate surface area is 144 Å². The second-order valence-electron chi connectivity index (χ2n) is 5.00. The summed E-state index contributed by atoms with van der Waals surface area (Å²) in [5.74, 6) is -1.68. The van der Waals surface area contributed by atoms with Crippen LogP contribution in [0.5, 0.6) is 0 Å². The van der Waals surface area contributed by atoms with Crippen molar-refractivity contribution < 1.29 is 23.7 Å². The highest BCUT2D eigenvalue weighted by atomic mass is 35.5. The number of dihydropyridines is 1. The van der Waals surface area contributed by atoms with Crippen molar-refractivity contribution in [3.63, 3.8) is 0 Å². The number of carbonyl (C=O) groups excluding carboxylic acids is 1. The molecule has 0 bridgehead atoms. The maximum atomic E-state index is 14.1. The number of halogens is 3. The highest BCUT2D eigenvalue weighted by Crippen LogP contribution is 2.39. The van der Waals surface area contributed by atoms with Crippen molar-refractivity contribution in [3.05, 3.63) is 21.7 Å². The fourth-order valence-corrected chi connectivity index (χ4v) is 2.52. The van der Waals surface area contributed by atoms with E-state index in [1.54, 1.807) is 6.92 Å². The highest BCUT2D eigenvalue weighted by Gasteiger charge is 2.51. The molecule has 9 heteroatoms. The Morgan fingerprint density at radius 1 is 1.43 bits per heavy atom. The lowest BCUT2D eigenvalue weighted by atomic mass is 9.99. The maximum Gasteiger partial charge on any atom is 0.339 e. The molecule has 1 aliphatic heterocycles. The Balaban J connectivity index is 3.20. The molecule has 1 heterocycles. The van der Waals surface area contributed by atoms with Crippen LogP contribution in [-0.2, 0) is 19.3 Å². The number of allylic oxidation sites excluding steroid dienone is 1. The van der Waals surface area contributed by atoms with E-state index in [4.69, 9.17) is 38.6 Å². The van der Waals surface area contributed by atoms with Gasteiger partial charge in [0.15, 0.2) is 0 Å². The van der Waals surface area contributed by atoms with Crippen LogP contribution in [0.2, 0.25) is 0 Å². The standard InChI is InChI=1S/C14H21Cl2FN2O4/c1-4-6-7-21-9(5-2)14(23-22-8(3)20)12(16)11(18)10(15)13(17)19-14/h9,19H,4-7,18H2,1-3H3. The van der Waals surface area contributed by atoms with E-state index in [1.807, 2.05) is 6.92 Å². The van der Waals surface area contributed by atoms with Crippen LogP contribution in [0.3, 0.4) is 0 Å². The zero-order valence-electron chi connectivity index (χ0n) is 13.3. The van der Waals surface area contributed by atoms with Crippen LogP contribution in [0.1, 0.15) is 40.0 Å². The molecule has 0 radical (unpaired) electrons. The van der Waals surface area contributed by atoms with E-state index in [0.717, 1.165) is 19.8 Å². The first-order valence-electron chi connectivity index (χ1n) is 7.27. The van der Waals surface area contributed by atoms with Gasteiger partial charge in [0.05, 0.1) is 5.70 Å². The van der Waals surface area contributed by atoms with Gasteiger partial charge in [-0.05, 0) is 12.8 Å². The predicted octanol–water partition coefficient (Wildman–Crippen LogP) is 3.16. The summed E-state index contributed by atoms with van der Waals surface area (Å²) in [4.78, 5) is 20.8. The van der Waals surface area contributed by atoms with Crippen molar-refractivity contribution in [1.29, 1.82) is 0 Å². The van der Waals surface area contributed by atoms with Gasteiger partial charge in [0, 0.05) is 13.5 Å². The van der Waals surface area contributed by atoms with Crippen LogP contribution in [0, 0.1) is 0 Å². The third kappa shape index (κ3) is 4.50. The topological polar surface area (TPSA) is 82.8 Å². The van der Waals surface area contributed by atoms with E-state index in [0.29, 0.717) is 13.0 Å². The van der Waals surface area contributed by atoms with Crippen molar-refractivity contribution >= 4 is 29.2 Å². The van der Waals surface area contributed by atoms with Crippen molar-refractivity contribution in [2.75, 3.05) is 6.61 Å². The number of rotatable bonds is 8. The summed E-state index contributed by atoms with van der Waals surface area (Å²) in [6.07, 6.45) is 1.31. The maximum absolute atomic E-state index is 14.1. The van der Waals surface area contributed by atoms with E-state index < -0.39 is 23.7 Å². The summed E-state index contributed by atoms with van der Waals surface area (Å²) in [7, 11) is 0. The number of nitrogens with one attached hydrogen (secondary N) is 1. The van der Waals surface area contributed by atoms with Gasteiger partial charge < -0.3 is 15.8 Å². The molecule has 2 unspecified atom stereocenters. The predicted molar refractivity (Wildman–Crippen MR) is 84.7 cm³/mol. The number of hydrogen-bond acceptors (Lipinski definition) is 6. The lowest BCUT2D eigenvalue weighted by Gasteiger charge is -2.40. The van der Waals surface area contributed by atoms with Crippen molar-refractivity contribution in [1.82, 2.24) is 5.32 Å². The molecule has 23 heavy (non-hydrogen) atoms. The number of ether oxygens (including phenoxy) is 1. The highest BCUT2D eigenvalue weighted by molar-refractivity contribution is 6.36. The lowest BCUT2D eigenvalue weighted by molar-refractivity contribution is -0.348. The Kier molecular flexibility index (Phi) is 7.60. The molecule has 3 N–H and O–H groups in total. The smallest absolute Gasteiger partial charge is 0.339 e. The molecule has 1 rings (SSSR count). The second kappa shape index (κ2) is 8.73. The molecule has 0 fully saturated rings. The third-order valence-corrected chi connectivity index (χ3v) is 4.07. The van der Waals surface area contributed by atoms with Crippen LogP contribution in [-0.4, -0.2) is 24.4 Å². The fourth-order valence-electron chi connectivity index (χ4n) is 2.04. The minimum atomic E-state index is -1.80. The average Bonchev–Trinajstić information content (AvgIpc) is 2.52. The molecule has 0 aromatic carbocycles. The van der Waals surface area contributed by atoms with E-state index in [2.05, 4.69) is 10.2 Å². The number of carbonyl (C=O) groups is 1. The summed E-state index contributed by atoms with van der Waals surface area (Å²) >= 11 is 12.0. The molecule has 2 atom stereocenters. The van der Waals surface area contributed by atoms with Gasteiger partial charge in [-0.2, -0.15) is 4.39 Å². The molecule has 132 valence electrons. The van der Waals surface area contributed by atoms with E-state index >= 15 is 0 Å². The summed E-state index contributed by atoms with van der Waals surface area (Å²) in [6, 6.07) is 0. The molecule has 0 saturated heterocycles. The molecule has 0 aliphatic carbocycles. The summed E-state index contributed by atoms with van der Waals surface area (Å²) in [6.45, 7) is 5.32. The van der Waals surface area contributed by atoms with Crippen LogP contribution in [0.15, 0.2) is 21.7 Å². The molecule has 1 aliphatic rings. The molecular formula is C14H21Cl2FN2O4. The quantitative estimate of drug-likeness (QED) is 0.295. The average molecular weight is 371 g/mol. The fraction of sp³-hybridized carbons (Fsp3) is 0.643. The number of hydrogen-bond donors (Lipinski definition) is 2. The normalized spacial score (nSPS) is 22.9. The van der Waals surface area contributed by atoms with Crippen LogP contribution in [0.25, 0.3) is 0 Å². The van der Waals surface area contributed by atoms with Gasteiger partial charge in [0.25, 0.3) is 5.72 Å². The molecule has 0 spiro atoms. The van der Waals surface area contributed by atoms with Crippen LogP contribution in [0.4, 0.5) is 4.39 Å². The minimum Gasteiger partial charge on any atom is -0.396 e. The van der Waals surface area contributed by atoms with E-state index in [1.165, 1.54) is 0 Å². The Hall–Kier alpha value is -1.02. The van der Waals surface area contributed by atoms with Gasteiger partial charge in [-0.25, -0.2) is 4.79 Å². The zero-order chi connectivity index (χ0) is 17.6. The Bertz CT molecular complexity index is 513. The second-order valence-corrected chi connectivity index (χ2v) is 5.75. The molecule has 6 nitrogen and oxygen atoms in total. The monoisotopic (exact) mass is 370 g/mol. The first kappa shape index (κ1) is 20.0. The summed E-state index contributed by atoms with van der Waals surface area (Å²) in [5, 5.41) is 1.86. The first-order valence-corrected chi connectivity index (χ1v) is 8.03. The van der Waals surface area contributed by atoms with Gasteiger partial charge >= 0.3 is 5.97 Å². The Morgan fingerprint density at radius 3 is 2.61 bits per heavy atom. The summed E-state index contributed by atoms with van der Waals surface area (Å²) in [5.41, 5.74) is 3.73. The SMILES string of the molecule is CCCCOC(CC)C1(OOC(C)=O)NC(F)=C(Cl)C(N)=C1Cl. The van der Waals surface area contributed by atoms with Crippen molar-refractivity contribution in [3.8, 4) is 0 Å². The van der Waals surface area contributed by atoms with Gasteiger partial charge in [-0.15, -0.1) is 4.89 Å². The third-order valence-electron chi connectivity index (χ3n) is 3.22. The molecular weight excluding hydrogens is 350 g/mol. The largest absolute Gasteiger partial charge is 0.396 e. The minimum absolute atomic E-state index is 0.145. The lowest BCUT2D eigenvalue weighted by Crippen LogP contribution is -2.59. The van der Waals surface area contributed by atoms with Gasteiger partial charge in [-0.1, -0.05) is 43.5 Å². The van der Waals surface area contributed by atoms with Crippen LogP contribution < -0.4 is 11.1 Å². The molecule has 0 amide bonds. The van der Waals surface area contributed by atoms with Crippen LogP contribution >= 0.6 is 23.2 Å². The number of unbranched alkanes of at least 4 members (excludes halogenated alkanes) is 1. The number of nitrogens with two attached hydrogens (primary N) is 1. The van der Waals surface area contributed by atoms with Crippen molar-refractivity contribution in [2.24, 2.45) is 5.73 Å². The van der Waals surface area contributed by atoms with Gasteiger partial charge in [0.2, 0.25) is 5.95 Å². The van der Waals surface area contributed by atoms with E-state index in [9.17, 15) is 9.18 Å².